The van der Waals surface area contributed by atoms with E-state index in [1.807, 2.05) is 5.38 Å². The molecule has 2 nitrogen and oxygen atoms in total. The van der Waals surface area contributed by atoms with Crippen LogP contribution >= 0.6 is 22.9 Å². The third-order valence-corrected chi connectivity index (χ3v) is 5.54. The summed E-state index contributed by atoms with van der Waals surface area (Å²) in [5.74, 6) is 1.50. The molecule has 1 atom stereocenters. The van der Waals surface area contributed by atoms with Crippen molar-refractivity contribution in [3.8, 4) is 0 Å². The summed E-state index contributed by atoms with van der Waals surface area (Å²) in [4.78, 5) is 4.59. The Hall–Kier alpha value is -0.190. The zero-order chi connectivity index (χ0) is 12.3. The van der Waals surface area contributed by atoms with Crippen molar-refractivity contribution >= 4 is 33.7 Å². The minimum atomic E-state index is -0.977. The van der Waals surface area contributed by atoms with Crippen molar-refractivity contribution in [2.24, 2.45) is 0 Å². The predicted molar refractivity (Wildman–Crippen MR) is 75.0 cm³/mol. The molecule has 0 saturated heterocycles. The van der Waals surface area contributed by atoms with Gasteiger partial charge in [0.15, 0.2) is 0 Å². The van der Waals surface area contributed by atoms with E-state index in [2.05, 4.69) is 11.6 Å². The highest BCUT2D eigenvalue weighted by molar-refractivity contribution is 7.84. The van der Waals surface area contributed by atoms with Crippen molar-refractivity contribution in [3.05, 3.63) is 27.7 Å². The van der Waals surface area contributed by atoms with Crippen molar-refractivity contribution in [3.63, 3.8) is 0 Å². The van der Waals surface area contributed by atoms with Crippen LogP contribution in [0.15, 0.2) is 17.0 Å². The fraction of sp³-hybridized carbons (Fsp3) is 0.583. The van der Waals surface area contributed by atoms with Gasteiger partial charge < -0.3 is 0 Å². The summed E-state index contributed by atoms with van der Waals surface area (Å²) in [6.45, 7) is 3.56. The summed E-state index contributed by atoms with van der Waals surface area (Å²) in [5.41, 5.74) is 0.938. The molecule has 17 heavy (non-hydrogen) atoms. The van der Waals surface area contributed by atoms with Crippen LogP contribution < -0.4 is 0 Å². The second-order valence-electron chi connectivity index (χ2n) is 4.40. The van der Waals surface area contributed by atoms with Crippen molar-refractivity contribution in [2.45, 2.75) is 37.4 Å². The molecule has 1 aromatic heterocycles. The molecule has 0 spiro atoms. The zero-order valence-electron chi connectivity index (χ0n) is 9.65. The second kappa shape index (κ2) is 6.12. The van der Waals surface area contributed by atoms with E-state index in [0.717, 1.165) is 5.69 Å². The fourth-order valence-corrected chi connectivity index (χ4v) is 4.53. The Labute approximate surface area is 114 Å². The smallest absolute Gasteiger partial charge is 0.0959 e. The third-order valence-electron chi connectivity index (χ3n) is 2.90. The van der Waals surface area contributed by atoms with Crippen molar-refractivity contribution in [2.75, 3.05) is 5.75 Å². The van der Waals surface area contributed by atoms with E-state index in [4.69, 9.17) is 11.6 Å². The SMILES string of the molecule is C=C(Cl)C[S@@](=O)Cc1csc(C2CCCC2)n1. The minimum absolute atomic E-state index is 0.359. The van der Waals surface area contributed by atoms with Gasteiger partial charge in [-0.05, 0) is 12.8 Å². The minimum Gasteiger partial charge on any atom is -0.259 e. The molecule has 5 heteroatoms. The highest BCUT2D eigenvalue weighted by Gasteiger charge is 2.20. The molecule has 2 rings (SSSR count). The van der Waals surface area contributed by atoms with Crippen LogP contribution in [0.1, 0.15) is 42.3 Å². The van der Waals surface area contributed by atoms with Gasteiger partial charge in [0.1, 0.15) is 0 Å². The van der Waals surface area contributed by atoms with Gasteiger partial charge in [-0.15, -0.1) is 11.3 Å². The fourth-order valence-electron chi connectivity index (χ4n) is 2.14. The summed E-state index contributed by atoms with van der Waals surface area (Å²) >= 11 is 7.35. The van der Waals surface area contributed by atoms with E-state index >= 15 is 0 Å². The molecule has 1 aliphatic rings. The quantitative estimate of drug-likeness (QED) is 0.825. The Morgan fingerprint density at radius 1 is 1.59 bits per heavy atom. The van der Waals surface area contributed by atoms with E-state index in [9.17, 15) is 4.21 Å². The van der Waals surface area contributed by atoms with Gasteiger partial charge in [0.05, 0.1) is 22.2 Å². The average molecular weight is 290 g/mol. The Morgan fingerprint density at radius 3 is 2.94 bits per heavy atom. The molecule has 1 saturated carbocycles. The molecule has 0 amide bonds. The number of halogens is 1. The van der Waals surface area contributed by atoms with Gasteiger partial charge in [0.25, 0.3) is 0 Å². The maximum Gasteiger partial charge on any atom is 0.0959 e. The van der Waals surface area contributed by atoms with Crippen LogP contribution in [0.4, 0.5) is 0 Å². The van der Waals surface area contributed by atoms with Gasteiger partial charge in [-0.25, -0.2) is 4.98 Å². The van der Waals surface area contributed by atoms with Crippen LogP contribution in [0.2, 0.25) is 0 Å². The first-order chi connectivity index (χ1) is 8.15. The molecule has 0 aliphatic heterocycles. The molecule has 1 aliphatic carbocycles. The van der Waals surface area contributed by atoms with Crippen LogP contribution in [0.3, 0.4) is 0 Å². The molecule has 1 fully saturated rings. The van der Waals surface area contributed by atoms with Crippen LogP contribution in [0.5, 0.6) is 0 Å². The number of nitrogens with zero attached hydrogens (tertiary/aromatic N) is 1. The van der Waals surface area contributed by atoms with E-state index in [-0.39, 0.29) is 0 Å². The number of rotatable bonds is 5. The molecule has 0 bridgehead atoms. The number of aromatic nitrogens is 1. The second-order valence-corrected chi connectivity index (χ2v) is 7.29. The Bertz CT molecular complexity index is 424. The highest BCUT2D eigenvalue weighted by Crippen LogP contribution is 2.35. The van der Waals surface area contributed by atoms with Crippen LogP contribution in [0, 0.1) is 0 Å². The van der Waals surface area contributed by atoms with E-state index < -0.39 is 10.8 Å². The molecule has 0 radical (unpaired) electrons. The predicted octanol–water partition coefficient (Wildman–Crippen LogP) is 3.80. The monoisotopic (exact) mass is 289 g/mol. The van der Waals surface area contributed by atoms with Gasteiger partial charge in [0.2, 0.25) is 0 Å². The third kappa shape index (κ3) is 3.90. The molecule has 0 unspecified atom stereocenters. The van der Waals surface area contributed by atoms with Gasteiger partial charge in [-0.1, -0.05) is 31.0 Å². The zero-order valence-corrected chi connectivity index (χ0v) is 12.0. The number of hydrogen-bond donors (Lipinski definition) is 0. The number of thiazole rings is 1. The summed E-state index contributed by atoms with van der Waals surface area (Å²) in [6, 6.07) is 0. The lowest BCUT2D eigenvalue weighted by molar-refractivity contribution is 0.683. The van der Waals surface area contributed by atoms with Gasteiger partial charge >= 0.3 is 0 Å². The van der Waals surface area contributed by atoms with Crippen molar-refractivity contribution in [1.82, 2.24) is 4.98 Å². The number of hydrogen-bond acceptors (Lipinski definition) is 3. The molecule has 1 aromatic rings. The first kappa shape index (κ1) is 13.2. The maximum atomic E-state index is 11.7. The summed E-state index contributed by atoms with van der Waals surface area (Å²) in [5, 5.41) is 3.71. The molecule has 0 aromatic carbocycles. The maximum absolute atomic E-state index is 11.7. The molecule has 1 heterocycles. The summed E-state index contributed by atoms with van der Waals surface area (Å²) in [6.07, 6.45) is 5.15. The van der Waals surface area contributed by atoms with E-state index in [0.29, 0.717) is 22.5 Å². The summed E-state index contributed by atoms with van der Waals surface area (Å²) < 4.78 is 11.7. The Kier molecular flexibility index (Phi) is 4.77. The molecular weight excluding hydrogens is 274 g/mol. The van der Waals surface area contributed by atoms with E-state index in [1.165, 1.54) is 30.7 Å². The molecule has 0 N–H and O–H groups in total. The van der Waals surface area contributed by atoms with Crippen LogP contribution in [-0.2, 0) is 16.6 Å². The van der Waals surface area contributed by atoms with Gasteiger partial charge in [-0.2, -0.15) is 0 Å². The van der Waals surface area contributed by atoms with Gasteiger partial charge in [-0.3, -0.25) is 4.21 Å². The summed E-state index contributed by atoms with van der Waals surface area (Å²) in [7, 11) is -0.977. The van der Waals surface area contributed by atoms with Crippen molar-refractivity contribution < 1.29 is 4.21 Å². The van der Waals surface area contributed by atoms with Gasteiger partial charge in [0, 0.05) is 27.1 Å². The van der Waals surface area contributed by atoms with E-state index in [1.54, 1.807) is 11.3 Å². The first-order valence-corrected chi connectivity index (χ1v) is 8.52. The average Bonchev–Trinajstić information content (AvgIpc) is 2.84. The topological polar surface area (TPSA) is 30.0 Å². The Balaban J connectivity index is 1.93. The molecular formula is C12H16ClNOS2. The first-order valence-electron chi connectivity index (χ1n) is 5.77. The van der Waals surface area contributed by atoms with Crippen LogP contribution in [0.25, 0.3) is 0 Å². The lowest BCUT2D eigenvalue weighted by Crippen LogP contribution is -2.01. The standard InChI is InChI=1S/C12H16ClNOS2/c1-9(13)7-17(15)8-11-6-16-12(14-11)10-4-2-3-5-10/h6,10H,1-5,7-8H2/t17-/m1/s1. The van der Waals surface area contributed by atoms with Crippen LogP contribution in [-0.4, -0.2) is 14.9 Å². The highest BCUT2D eigenvalue weighted by atomic mass is 35.5. The van der Waals surface area contributed by atoms with Crippen molar-refractivity contribution in [1.29, 1.82) is 0 Å². The lowest BCUT2D eigenvalue weighted by Gasteiger charge is -2.02. The largest absolute Gasteiger partial charge is 0.259 e. The normalized spacial score (nSPS) is 18.4. The Morgan fingerprint density at radius 2 is 2.29 bits per heavy atom. The molecule has 94 valence electrons. The lowest BCUT2D eigenvalue weighted by atomic mass is 10.1.